The van der Waals surface area contributed by atoms with Crippen LogP contribution in [-0.4, -0.2) is 38.6 Å². The summed E-state index contributed by atoms with van der Waals surface area (Å²) in [7, 11) is 0. The number of rotatable bonds is 8. The van der Waals surface area contributed by atoms with Gasteiger partial charge in [-0.2, -0.15) is 0 Å². The van der Waals surface area contributed by atoms with Crippen molar-refractivity contribution in [2.45, 2.75) is 46.3 Å². The van der Waals surface area contributed by atoms with Gasteiger partial charge in [-0.05, 0) is 67.5 Å². The van der Waals surface area contributed by atoms with E-state index < -0.39 is 0 Å². The molecule has 2 aromatic carbocycles. The van der Waals surface area contributed by atoms with E-state index in [1.54, 1.807) is 0 Å². The fourth-order valence-corrected chi connectivity index (χ4v) is 3.66. The summed E-state index contributed by atoms with van der Waals surface area (Å²) in [5, 5.41) is 0. The molecule has 2 heterocycles. The predicted molar refractivity (Wildman–Crippen MR) is 105 cm³/mol. The molecule has 4 heteroatoms. The molecule has 2 aliphatic heterocycles. The minimum absolute atomic E-state index is 0.279. The Morgan fingerprint density at radius 3 is 1.33 bits per heavy atom. The molecule has 0 N–H and O–H groups in total. The number of benzene rings is 2. The molecule has 0 bridgehead atoms. The van der Waals surface area contributed by atoms with Gasteiger partial charge >= 0.3 is 0 Å². The zero-order valence-corrected chi connectivity index (χ0v) is 16.6. The largest absolute Gasteiger partial charge is 0.490 e. The van der Waals surface area contributed by atoms with E-state index >= 15 is 0 Å². The summed E-state index contributed by atoms with van der Waals surface area (Å²) < 4.78 is 22.4. The Morgan fingerprint density at radius 1 is 0.704 bits per heavy atom. The molecule has 0 aromatic heterocycles. The second-order valence-corrected chi connectivity index (χ2v) is 7.83. The average molecular weight is 368 g/mol. The van der Waals surface area contributed by atoms with Crippen LogP contribution < -0.4 is 9.47 Å². The van der Waals surface area contributed by atoms with E-state index in [0.29, 0.717) is 13.2 Å². The highest BCUT2D eigenvalue weighted by molar-refractivity contribution is 5.47. The predicted octanol–water partition coefficient (Wildman–Crippen LogP) is 4.07. The monoisotopic (exact) mass is 368 g/mol. The Labute approximate surface area is 161 Å². The topological polar surface area (TPSA) is 43.5 Å². The van der Waals surface area contributed by atoms with Gasteiger partial charge in [-0.3, -0.25) is 0 Å². The average Bonchev–Trinajstić information content (AvgIpc) is 3.48. The SMILES string of the molecule is Cc1cc(Cc2cc(C)c(OCC3CO3)c(C)c2)cc(C)c1OCC1CO1. The van der Waals surface area contributed by atoms with Crippen LogP contribution in [0.15, 0.2) is 24.3 Å². The van der Waals surface area contributed by atoms with Gasteiger partial charge in [-0.1, -0.05) is 24.3 Å². The van der Waals surface area contributed by atoms with Gasteiger partial charge in [0, 0.05) is 0 Å². The Hall–Kier alpha value is -2.04. The molecular weight excluding hydrogens is 340 g/mol. The molecule has 2 fully saturated rings. The fraction of sp³-hybridized carbons (Fsp3) is 0.478. The molecule has 2 saturated heterocycles. The van der Waals surface area contributed by atoms with Crippen LogP contribution in [0.3, 0.4) is 0 Å². The molecule has 4 rings (SSSR count). The Kier molecular flexibility index (Phi) is 5.11. The molecule has 2 aliphatic rings. The zero-order chi connectivity index (χ0) is 19.0. The third-order valence-corrected chi connectivity index (χ3v) is 5.08. The lowest BCUT2D eigenvalue weighted by atomic mass is 9.97. The lowest BCUT2D eigenvalue weighted by Crippen LogP contribution is -2.07. The van der Waals surface area contributed by atoms with E-state index in [9.17, 15) is 0 Å². The summed E-state index contributed by atoms with van der Waals surface area (Å²) in [5.41, 5.74) is 7.34. The maximum Gasteiger partial charge on any atom is 0.125 e. The maximum absolute atomic E-state index is 5.95. The van der Waals surface area contributed by atoms with Gasteiger partial charge in [-0.15, -0.1) is 0 Å². The van der Waals surface area contributed by atoms with Gasteiger partial charge in [0.1, 0.15) is 36.9 Å². The highest BCUT2D eigenvalue weighted by Crippen LogP contribution is 2.30. The Bertz CT molecular complexity index is 719. The van der Waals surface area contributed by atoms with Gasteiger partial charge in [0.2, 0.25) is 0 Å². The molecule has 144 valence electrons. The normalized spacial score (nSPS) is 20.4. The summed E-state index contributed by atoms with van der Waals surface area (Å²) in [6, 6.07) is 8.93. The lowest BCUT2D eigenvalue weighted by molar-refractivity contribution is 0.260. The van der Waals surface area contributed by atoms with Gasteiger partial charge < -0.3 is 18.9 Å². The molecule has 2 aromatic rings. The van der Waals surface area contributed by atoms with Crippen molar-refractivity contribution in [2.24, 2.45) is 0 Å². The minimum Gasteiger partial charge on any atom is -0.490 e. The molecule has 0 amide bonds. The molecule has 0 spiro atoms. The standard InChI is InChI=1S/C23H28O4/c1-14-5-18(6-15(2)22(14)26-12-20-10-24-20)9-19-7-16(3)23(17(4)8-19)27-13-21-11-25-21/h5-8,20-21H,9-13H2,1-4H3. The first kappa shape index (κ1) is 18.3. The molecular formula is C23H28O4. The number of aryl methyl sites for hydroxylation is 4. The van der Waals surface area contributed by atoms with Gasteiger partial charge in [0.05, 0.1) is 13.2 Å². The van der Waals surface area contributed by atoms with E-state index in [2.05, 4.69) is 52.0 Å². The highest BCUT2D eigenvalue weighted by Gasteiger charge is 2.24. The van der Waals surface area contributed by atoms with Crippen LogP contribution in [0.5, 0.6) is 11.5 Å². The highest BCUT2D eigenvalue weighted by atomic mass is 16.6. The minimum atomic E-state index is 0.279. The second-order valence-electron chi connectivity index (χ2n) is 7.83. The first-order chi connectivity index (χ1) is 13.0. The van der Waals surface area contributed by atoms with Crippen molar-refractivity contribution in [3.8, 4) is 11.5 Å². The first-order valence-corrected chi connectivity index (χ1v) is 9.68. The molecule has 0 radical (unpaired) electrons. The first-order valence-electron chi connectivity index (χ1n) is 9.68. The van der Waals surface area contributed by atoms with E-state index in [0.717, 1.165) is 31.1 Å². The maximum atomic E-state index is 5.95. The van der Waals surface area contributed by atoms with Crippen LogP contribution in [-0.2, 0) is 15.9 Å². The Balaban J connectivity index is 1.47. The second kappa shape index (κ2) is 7.53. The van der Waals surface area contributed by atoms with Crippen LogP contribution in [0.4, 0.5) is 0 Å². The molecule has 0 aliphatic carbocycles. The van der Waals surface area contributed by atoms with Crippen molar-refractivity contribution in [1.82, 2.24) is 0 Å². The van der Waals surface area contributed by atoms with Crippen LogP contribution in [0, 0.1) is 27.7 Å². The molecule has 4 nitrogen and oxygen atoms in total. The van der Waals surface area contributed by atoms with Crippen LogP contribution in [0.2, 0.25) is 0 Å². The van der Waals surface area contributed by atoms with Crippen molar-refractivity contribution < 1.29 is 18.9 Å². The van der Waals surface area contributed by atoms with Crippen molar-refractivity contribution in [2.75, 3.05) is 26.4 Å². The summed E-state index contributed by atoms with van der Waals surface area (Å²) >= 11 is 0. The molecule has 2 atom stereocenters. The van der Waals surface area contributed by atoms with Crippen LogP contribution >= 0.6 is 0 Å². The zero-order valence-electron chi connectivity index (χ0n) is 16.6. The molecule has 0 saturated carbocycles. The van der Waals surface area contributed by atoms with Gasteiger partial charge in [-0.25, -0.2) is 0 Å². The number of hydrogen-bond donors (Lipinski definition) is 0. The number of ether oxygens (including phenoxy) is 4. The summed E-state index contributed by atoms with van der Waals surface area (Å²) in [5.74, 6) is 1.99. The summed E-state index contributed by atoms with van der Waals surface area (Å²) in [6.07, 6.45) is 1.46. The van der Waals surface area contributed by atoms with Gasteiger partial charge in [0.15, 0.2) is 0 Å². The van der Waals surface area contributed by atoms with Crippen LogP contribution in [0.25, 0.3) is 0 Å². The third-order valence-electron chi connectivity index (χ3n) is 5.08. The van der Waals surface area contributed by atoms with Crippen molar-refractivity contribution in [3.63, 3.8) is 0 Å². The summed E-state index contributed by atoms with van der Waals surface area (Å²) in [6.45, 7) is 11.4. The molecule has 27 heavy (non-hydrogen) atoms. The number of epoxide rings is 2. The van der Waals surface area contributed by atoms with Gasteiger partial charge in [0.25, 0.3) is 0 Å². The van der Waals surface area contributed by atoms with Crippen molar-refractivity contribution >= 4 is 0 Å². The Morgan fingerprint density at radius 2 is 1.04 bits per heavy atom. The van der Waals surface area contributed by atoms with Crippen molar-refractivity contribution in [1.29, 1.82) is 0 Å². The quantitative estimate of drug-likeness (QED) is 0.659. The van der Waals surface area contributed by atoms with E-state index in [1.165, 1.54) is 33.4 Å². The third kappa shape index (κ3) is 4.63. The smallest absolute Gasteiger partial charge is 0.125 e. The van der Waals surface area contributed by atoms with E-state index in [-0.39, 0.29) is 12.2 Å². The van der Waals surface area contributed by atoms with E-state index in [1.807, 2.05) is 0 Å². The van der Waals surface area contributed by atoms with E-state index in [4.69, 9.17) is 18.9 Å². The van der Waals surface area contributed by atoms with Crippen LogP contribution in [0.1, 0.15) is 33.4 Å². The lowest BCUT2D eigenvalue weighted by Gasteiger charge is -2.16. The fourth-order valence-electron chi connectivity index (χ4n) is 3.66. The summed E-state index contributed by atoms with van der Waals surface area (Å²) in [4.78, 5) is 0. The number of hydrogen-bond acceptors (Lipinski definition) is 4. The van der Waals surface area contributed by atoms with Crippen molar-refractivity contribution in [3.05, 3.63) is 57.6 Å². The molecule has 2 unspecified atom stereocenters.